The number of nitrogens with zero attached hydrogens (tertiary/aromatic N) is 2. The number of carbonyl (C=O) groups is 2. The molecule has 8 heteroatoms. The van der Waals surface area contributed by atoms with E-state index in [0.29, 0.717) is 46.7 Å². The zero-order chi connectivity index (χ0) is 21.8. The third-order valence-corrected chi connectivity index (χ3v) is 6.24. The van der Waals surface area contributed by atoms with Crippen LogP contribution in [-0.4, -0.2) is 42.9 Å². The summed E-state index contributed by atoms with van der Waals surface area (Å²) in [6.45, 7) is 6.94. The lowest BCUT2D eigenvalue weighted by molar-refractivity contribution is -0.132. The van der Waals surface area contributed by atoms with E-state index in [2.05, 4.69) is 46.7 Å². The summed E-state index contributed by atoms with van der Waals surface area (Å²) in [6, 6.07) is 10.8. The molecule has 0 radical (unpaired) electrons. The number of nitrogens with one attached hydrogen (secondary N) is 1. The van der Waals surface area contributed by atoms with Crippen LogP contribution in [-0.2, 0) is 4.79 Å². The number of halogens is 3. The second kappa shape index (κ2) is 10.2. The summed E-state index contributed by atoms with van der Waals surface area (Å²) in [4.78, 5) is 28.9. The number of benzene rings is 2. The van der Waals surface area contributed by atoms with Gasteiger partial charge in [0.2, 0.25) is 5.91 Å². The van der Waals surface area contributed by atoms with Crippen molar-refractivity contribution in [1.29, 1.82) is 0 Å². The van der Waals surface area contributed by atoms with E-state index in [0.717, 1.165) is 22.3 Å². The van der Waals surface area contributed by atoms with Gasteiger partial charge in [0.1, 0.15) is 0 Å². The highest BCUT2D eigenvalue weighted by molar-refractivity contribution is 14.1. The molecule has 0 atom stereocenters. The lowest BCUT2D eigenvalue weighted by Gasteiger charge is -2.36. The minimum atomic E-state index is -0.278. The fourth-order valence-corrected chi connectivity index (χ4v) is 4.38. The topological polar surface area (TPSA) is 52.7 Å². The van der Waals surface area contributed by atoms with Crippen molar-refractivity contribution in [2.24, 2.45) is 5.92 Å². The van der Waals surface area contributed by atoms with E-state index in [1.165, 1.54) is 0 Å². The van der Waals surface area contributed by atoms with Crippen LogP contribution in [0.25, 0.3) is 0 Å². The van der Waals surface area contributed by atoms with Gasteiger partial charge in [-0.3, -0.25) is 9.59 Å². The number of piperazine rings is 1. The molecule has 0 saturated carbocycles. The second-order valence-electron chi connectivity index (χ2n) is 7.71. The van der Waals surface area contributed by atoms with Crippen molar-refractivity contribution < 1.29 is 9.59 Å². The van der Waals surface area contributed by atoms with E-state index < -0.39 is 0 Å². The molecule has 0 spiro atoms. The lowest BCUT2D eigenvalue weighted by atomic mass is 10.1. The molecular formula is C22H24Cl2IN3O2. The quantitative estimate of drug-likeness (QED) is 0.489. The Labute approximate surface area is 200 Å². The minimum absolute atomic E-state index is 0.211. The first kappa shape index (κ1) is 23.2. The van der Waals surface area contributed by atoms with Crippen LogP contribution in [0.1, 0.15) is 30.6 Å². The van der Waals surface area contributed by atoms with Gasteiger partial charge < -0.3 is 15.1 Å². The van der Waals surface area contributed by atoms with Gasteiger partial charge >= 0.3 is 0 Å². The Bertz CT molecular complexity index is 944. The summed E-state index contributed by atoms with van der Waals surface area (Å²) in [7, 11) is 0. The smallest absolute Gasteiger partial charge is 0.257 e. The number of rotatable bonds is 5. The van der Waals surface area contributed by atoms with E-state index in [1.807, 2.05) is 23.1 Å². The fraction of sp³-hybridized carbons (Fsp3) is 0.364. The van der Waals surface area contributed by atoms with E-state index in [9.17, 15) is 9.59 Å². The number of anilines is 2. The predicted octanol–water partition coefficient (Wildman–Crippen LogP) is 5.55. The molecule has 2 aromatic carbocycles. The second-order valence-corrected chi connectivity index (χ2v) is 9.77. The van der Waals surface area contributed by atoms with Crippen LogP contribution in [0.5, 0.6) is 0 Å². The Morgan fingerprint density at radius 3 is 2.37 bits per heavy atom. The molecule has 1 saturated heterocycles. The van der Waals surface area contributed by atoms with Gasteiger partial charge in [0.05, 0.1) is 21.3 Å². The van der Waals surface area contributed by atoms with Gasteiger partial charge in [-0.25, -0.2) is 0 Å². The van der Waals surface area contributed by atoms with Crippen LogP contribution < -0.4 is 10.2 Å². The predicted molar refractivity (Wildman–Crippen MR) is 132 cm³/mol. The van der Waals surface area contributed by atoms with Gasteiger partial charge in [0.15, 0.2) is 0 Å². The molecule has 0 aromatic heterocycles. The van der Waals surface area contributed by atoms with Crippen molar-refractivity contribution in [3.63, 3.8) is 0 Å². The fourth-order valence-electron chi connectivity index (χ4n) is 3.39. The van der Waals surface area contributed by atoms with Crippen LogP contribution in [0.15, 0.2) is 36.4 Å². The summed E-state index contributed by atoms with van der Waals surface area (Å²) in [5.41, 5.74) is 1.93. The molecule has 1 aliphatic heterocycles. The van der Waals surface area contributed by atoms with Crippen LogP contribution in [0.3, 0.4) is 0 Å². The van der Waals surface area contributed by atoms with E-state index in [4.69, 9.17) is 23.2 Å². The van der Waals surface area contributed by atoms with Crippen LogP contribution in [0.2, 0.25) is 10.0 Å². The Kier molecular flexibility index (Phi) is 7.87. The van der Waals surface area contributed by atoms with Gasteiger partial charge in [0, 0.05) is 41.9 Å². The maximum Gasteiger partial charge on any atom is 0.257 e. The van der Waals surface area contributed by atoms with Crippen molar-refractivity contribution in [1.82, 2.24) is 4.90 Å². The van der Waals surface area contributed by atoms with E-state index >= 15 is 0 Å². The Morgan fingerprint density at radius 2 is 1.73 bits per heavy atom. The molecule has 2 aromatic rings. The van der Waals surface area contributed by atoms with Crippen molar-refractivity contribution in [2.45, 2.75) is 20.3 Å². The third kappa shape index (κ3) is 5.80. The van der Waals surface area contributed by atoms with Crippen molar-refractivity contribution in [2.75, 3.05) is 36.4 Å². The summed E-state index contributed by atoms with van der Waals surface area (Å²) in [6.07, 6.45) is 0.583. The maximum atomic E-state index is 12.6. The molecule has 0 aliphatic carbocycles. The molecule has 1 heterocycles. The van der Waals surface area contributed by atoms with E-state index in [1.54, 1.807) is 18.2 Å². The number of hydrogen-bond acceptors (Lipinski definition) is 3. The van der Waals surface area contributed by atoms with Crippen LogP contribution >= 0.6 is 45.8 Å². The molecule has 5 nitrogen and oxygen atoms in total. The number of amides is 2. The van der Waals surface area contributed by atoms with Gasteiger partial charge in [-0.1, -0.05) is 37.0 Å². The molecule has 0 unspecified atom stereocenters. The Balaban J connectivity index is 1.64. The highest BCUT2D eigenvalue weighted by atomic mass is 127. The minimum Gasteiger partial charge on any atom is -0.367 e. The van der Waals surface area contributed by atoms with Crippen molar-refractivity contribution >= 4 is 69.0 Å². The third-order valence-electron chi connectivity index (χ3n) is 4.93. The molecule has 30 heavy (non-hydrogen) atoms. The Morgan fingerprint density at radius 1 is 1.03 bits per heavy atom. The summed E-state index contributed by atoms with van der Waals surface area (Å²) in [5.74, 6) is 0.296. The van der Waals surface area contributed by atoms with Crippen LogP contribution in [0, 0.1) is 9.49 Å². The van der Waals surface area contributed by atoms with Gasteiger partial charge in [-0.15, -0.1) is 0 Å². The van der Waals surface area contributed by atoms with E-state index in [-0.39, 0.29) is 11.8 Å². The number of carbonyl (C=O) groups excluding carboxylic acids is 2. The largest absolute Gasteiger partial charge is 0.367 e. The highest BCUT2D eigenvalue weighted by Crippen LogP contribution is 2.30. The standard InChI is InChI=1S/C22H24Cl2IN3O2/c1-14(2)11-21(29)28-9-7-27(8-10-28)20-6-4-16(13-19(20)24)26-22(30)17-12-15(25)3-5-18(17)23/h3-6,12-14H,7-11H2,1-2H3,(H,26,30). The SMILES string of the molecule is CC(C)CC(=O)N1CCN(c2ccc(NC(=O)c3cc(I)ccc3Cl)cc2Cl)CC1. The first-order chi connectivity index (χ1) is 14.2. The van der Waals surface area contributed by atoms with Crippen LogP contribution in [0.4, 0.5) is 11.4 Å². The molecule has 1 aliphatic rings. The molecule has 0 bridgehead atoms. The highest BCUT2D eigenvalue weighted by Gasteiger charge is 2.23. The molecule has 1 N–H and O–H groups in total. The molecular weight excluding hydrogens is 536 g/mol. The lowest BCUT2D eigenvalue weighted by Crippen LogP contribution is -2.49. The number of hydrogen-bond donors (Lipinski definition) is 1. The zero-order valence-corrected chi connectivity index (χ0v) is 20.6. The molecule has 1 fully saturated rings. The summed E-state index contributed by atoms with van der Waals surface area (Å²) < 4.78 is 0.932. The summed E-state index contributed by atoms with van der Waals surface area (Å²) in [5, 5.41) is 3.82. The normalized spacial score (nSPS) is 14.2. The maximum absolute atomic E-state index is 12.6. The average molecular weight is 560 g/mol. The Hall–Kier alpha value is -1.51. The van der Waals surface area contributed by atoms with Gasteiger partial charge in [-0.2, -0.15) is 0 Å². The van der Waals surface area contributed by atoms with Gasteiger partial charge in [0.25, 0.3) is 5.91 Å². The van der Waals surface area contributed by atoms with Crippen molar-refractivity contribution in [3.05, 3.63) is 55.6 Å². The monoisotopic (exact) mass is 559 g/mol. The molecule has 3 rings (SSSR count). The molecule has 2 amide bonds. The van der Waals surface area contributed by atoms with Crippen molar-refractivity contribution in [3.8, 4) is 0 Å². The average Bonchev–Trinajstić information content (AvgIpc) is 2.69. The first-order valence-electron chi connectivity index (χ1n) is 9.83. The van der Waals surface area contributed by atoms with Gasteiger partial charge in [-0.05, 0) is 64.9 Å². The first-order valence-corrected chi connectivity index (χ1v) is 11.7. The molecule has 160 valence electrons. The zero-order valence-electron chi connectivity index (χ0n) is 16.9. The summed E-state index contributed by atoms with van der Waals surface area (Å²) >= 11 is 14.8.